The van der Waals surface area contributed by atoms with Crippen LogP contribution in [0.15, 0.2) is 72.8 Å². The number of hydrogen-bond acceptors (Lipinski definition) is 7. The molecule has 3 aromatic carbocycles. The van der Waals surface area contributed by atoms with Gasteiger partial charge in [0, 0.05) is 19.4 Å². The first-order valence-electron chi connectivity index (χ1n) is 19.6. The molecule has 0 bridgehead atoms. The summed E-state index contributed by atoms with van der Waals surface area (Å²) in [5.41, 5.74) is 2.12. The smallest absolute Gasteiger partial charge is 0.408 e. The zero-order chi connectivity index (χ0) is 40.8. The molecule has 0 heterocycles. The Morgan fingerprint density at radius 1 is 0.673 bits per heavy atom. The van der Waals surface area contributed by atoms with Crippen molar-refractivity contribution >= 4 is 23.9 Å². The molecule has 3 rings (SSSR count). The number of amides is 3. The minimum absolute atomic E-state index is 0.0678. The Kier molecular flexibility index (Phi) is 16.8. The number of alkyl carbamates (subject to hydrolysis) is 1. The highest BCUT2D eigenvalue weighted by Gasteiger charge is 2.39. The first kappa shape index (κ1) is 44.5. The van der Waals surface area contributed by atoms with Gasteiger partial charge in [-0.1, -0.05) is 99.7 Å². The van der Waals surface area contributed by atoms with Crippen LogP contribution in [0.25, 0.3) is 0 Å². The summed E-state index contributed by atoms with van der Waals surface area (Å²) in [5.74, 6) is -1.54. The summed E-state index contributed by atoms with van der Waals surface area (Å²) in [6.07, 6.45) is 5.16. The lowest BCUT2D eigenvalue weighted by atomic mass is 9.92. The third kappa shape index (κ3) is 15.1. The molecular formula is C45H63N3O7. The van der Waals surface area contributed by atoms with Crippen LogP contribution in [0.5, 0.6) is 5.75 Å². The monoisotopic (exact) mass is 757 g/mol. The first-order valence-corrected chi connectivity index (χ1v) is 19.6. The van der Waals surface area contributed by atoms with Gasteiger partial charge in [0.2, 0.25) is 11.8 Å². The molecule has 0 spiro atoms. The summed E-state index contributed by atoms with van der Waals surface area (Å²) in [6, 6.07) is 18.2. The first-order chi connectivity index (χ1) is 25.9. The van der Waals surface area contributed by atoms with Crippen molar-refractivity contribution in [2.24, 2.45) is 0 Å². The molecule has 3 aromatic rings. The summed E-state index contributed by atoms with van der Waals surface area (Å²) in [5, 5.41) is 15.8. The van der Waals surface area contributed by atoms with Crippen molar-refractivity contribution in [1.82, 2.24) is 15.5 Å². The van der Waals surface area contributed by atoms with Gasteiger partial charge in [0.05, 0.1) is 0 Å². The van der Waals surface area contributed by atoms with Gasteiger partial charge in [0.1, 0.15) is 35.1 Å². The van der Waals surface area contributed by atoms with Crippen molar-refractivity contribution < 1.29 is 33.8 Å². The number of carbonyl (C=O) groups is 4. The normalized spacial score (nSPS) is 13.3. The maximum atomic E-state index is 15.2. The van der Waals surface area contributed by atoms with Crippen LogP contribution in [-0.4, -0.2) is 63.7 Å². The second kappa shape index (κ2) is 20.7. The molecule has 0 aromatic heterocycles. The average molecular weight is 758 g/mol. The Morgan fingerprint density at radius 3 is 1.80 bits per heavy atom. The number of rotatable bonds is 18. The maximum absolute atomic E-state index is 15.2. The van der Waals surface area contributed by atoms with Gasteiger partial charge in [-0.2, -0.15) is 0 Å². The van der Waals surface area contributed by atoms with Crippen LogP contribution in [0.2, 0.25) is 0 Å². The van der Waals surface area contributed by atoms with Crippen LogP contribution >= 0.6 is 0 Å². The van der Waals surface area contributed by atoms with E-state index >= 15 is 9.59 Å². The molecule has 55 heavy (non-hydrogen) atoms. The van der Waals surface area contributed by atoms with Crippen molar-refractivity contribution in [2.75, 3.05) is 6.54 Å². The number of unbranched alkanes of at least 4 members (excludes halogenated alkanes) is 5. The summed E-state index contributed by atoms with van der Waals surface area (Å²) in [6.45, 7) is 16.7. The molecule has 3 unspecified atom stereocenters. The van der Waals surface area contributed by atoms with Crippen LogP contribution < -0.4 is 10.6 Å². The number of aromatic hydroxyl groups is 1. The molecule has 0 aliphatic heterocycles. The van der Waals surface area contributed by atoms with Gasteiger partial charge in [-0.25, -0.2) is 9.59 Å². The minimum atomic E-state index is -1.16. The van der Waals surface area contributed by atoms with Gasteiger partial charge in [0.25, 0.3) is 0 Å². The number of esters is 1. The number of nitrogens with zero attached hydrogens (tertiary/aromatic N) is 1. The van der Waals surface area contributed by atoms with Crippen LogP contribution in [0, 0.1) is 13.8 Å². The predicted molar refractivity (Wildman–Crippen MR) is 217 cm³/mol. The molecule has 3 amide bonds. The van der Waals surface area contributed by atoms with Crippen LogP contribution in [0.3, 0.4) is 0 Å². The molecule has 0 aliphatic carbocycles. The Balaban J connectivity index is 2.17. The number of benzene rings is 3. The van der Waals surface area contributed by atoms with Crippen LogP contribution in [0.1, 0.15) is 121 Å². The van der Waals surface area contributed by atoms with E-state index in [1.54, 1.807) is 58.6 Å². The lowest BCUT2D eigenvalue weighted by molar-refractivity contribution is -0.159. The fraction of sp³-hybridized carbons (Fsp3) is 0.511. The Hall–Kier alpha value is -4.86. The molecule has 0 fully saturated rings. The number of hydrogen-bond donors (Lipinski definition) is 3. The maximum Gasteiger partial charge on any atom is 0.408 e. The standard InChI is InChI=1S/C45H63N3O7/c1-10-11-12-13-14-18-28-48(41(51)36(47-43(53)55-45(7,8)9)29-34-24-26-35(49)27-25-34)39(38-31(2)20-19-21-32(38)3)40(50)46-37(42(52)54-44(4,5)6)30-33-22-16-15-17-23-33/h15-17,19-27,36-37,39,49H,10-14,18,28-30H2,1-9H3,(H,46,50)(H,47,53). The second-order valence-electron chi connectivity index (χ2n) is 16.4. The highest BCUT2D eigenvalue weighted by atomic mass is 16.6. The average Bonchev–Trinajstić information content (AvgIpc) is 3.09. The van der Waals surface area contributed by atoms with Crippen LogP contribution in [0.4, 0.5) is 4.79 Å². The zero-order valence-corrected chi connectivity index (χ0v) is 34.4. The fourth-order valence-corrected chi connectivity index (χ4v) is 6.50. The SMILES string of the molecule is CCCCCCCCN(C(=O)C(Cc1ccc(O)cc1)NC(=O)OC(C)(C)C)C(C(=O)NC(Cc1ccccc1)C(=O)OC(C)(C)C)c1c(C)cccc1C. The highest BCUT2D eigenvalue weighted by Crippen LogP contribution is 2.30. The Bertz CT molecular complexity index is 1670. The largest absolute Gasteiger partial charge is 0.508 e. The predicted octanol–water partition coefficient (Wildman–Crippen LogP) is 8.44. The third-order valence-corrected chi connectivity index (χ3v) is 9.07. The minimum Gasteiger partial charge on any atom is -0.508 e. The summed E-state index contributed by atoms with van der Waals surface area (Å²) >= 11 is 0. The van der Waals surface area contributed by atoms with E-state index in [9.17, 15) is 14.7 Å². The zero-order valence-electron chi connectivity index (χ0n) is 34.4. The number of carbonyl (C=O) groups excluding carboxylic acids is 4. The summed E-state index contributed by atoms with van der Waals surface area (Å²) in [4.78, 5) is 58.8. The molecule has 0 radical (unpaired) electrons. The van der Waals surface area contributed by atoms with Gasteiger partial charge in [-0.05, 0) is 102 Å². The van der Waals surface area contributed by atoms with Crippen molar-refractivity contribution in [3.05, 3.63) is 101 Å². The number of ether oxygens (including phenoxy) is 2. The van der Waals surface area contributed by atoms with E-state index in [1.165, 1.54) is 12.1 Å². The molecule has 3 N–H and O–H groups in total. The molecule has 10 heteroatoms. The molecular weight excluding hydrogens is 695 g/mol. The molecule has 300 valence electrons. The third-order valence-electron chi connectivity index (χ3n) is 9.07. The van der Waals surface area contributed by atoms with Crippen molar-refractivity contribution in [2.45, 2.75) is 143 Å². The Morgan fingerprint density at radius 2 is 1.22 bits per heavy atom. The van der Waals surface area contributed by atoms with Crippen molar-refractivity contribution in [3.8, 4) is 5.75 Å². The molecule has 0 saturated heterocycles. The number of phenolic OH excluding ortho intramolecular Hbond substituents is 1. The van der Waals surface area contributed by atoms with Crippen molar-refractivity contribution in [1.29, 1.82) is 0 Å². The van der Waals surface area contributed by atoms with Gasteiger partial charge in [-0.3, -0.25) is 9.59 Å². The number of aryl methyl sites for hydroxylation is 2. The van der Waals surface area contributed by atoms with E-state index in [0.717, 1.165) is 48.8 Å². The quantitative estimate of drug-likeness (QED) is 0.0876. The lowest BCUT2D eigenvalue weighted by Gasteiger charge is -2.36. The van der Waals surface area contributed by atoms with Gasteiger partial charge in [0.15, 0.2) is 0 Å². The number of nitrogens with one attached hydrogen (secondary N) is 2. The Labute approximate surface area is 328 Å². The summed E-state index contributed by atoms with van der Waals surface area (Å²) < 4.78 is 11.4. The fourth-order valence-electron chi connectivity index (χ4n) is 6.50. The molecule has 3 atom stereocenters. The van der Waals surface area contributed by atoms with Crippen LogP contribution in [-0.2, 0) is 36.7 Å². The molecule has 0 saturated carbocycles. The van der Waals surface area contributed by atoms with E-state index in [1.807, 2.05) is 62.4 Å². The van der Waals surface area contributed by atoms with Gasteiger partial charge >= 0.3 is 12.1 Å². The molecule has 10 nitrogen and oxygen atoms in total. The second-order valence-corrected chi connectivity index (χ2v) is 16.4. The highest BCUT2D eigenvalue weighted by molar-refractivity contribution is 5.94. The number of phenols is 1. The van der Waals surface area contributed by atoms with E-state index < -0.39 is 53.2 Å². The van der Waals surface area contributed by atoms with E-state index in [4.69, 9.17) is 9.47 Å². The van der Waals surface area contributed by atoms with Crippen molar-refractivity contribution in [3.63, 3.8) is 0 Å². The molecule has 0 aliphatic rings. The van der Waals surface area contributed by atoms with Gasteiger partial charge < -0.3 is 30.1 Å². The van der Waals surface area contributed by atoms with E-state index in [0.29, 0.717) is 17.5 Å². The topological polar surface area (TPSA) is 134 Å². The van der Waals surface area contributed by atoms with E-state index in [-0.39, 0.29) is 25.1 Å². The van der Waals surface area contributed by atoms with Gasteiger partial charge in [-0.15, -0.1) is 0 Å². The summed E-state index contributed by atoms with van der Waals surface area (Å²) in [7, 11) is 0. The van der Waals surface area contributed by atoms with E-state index in [2.05, 4.69) is 17.6 Å². The lowest BCUT2D eigenvalue weighted by Crippen LogP contribution is -2.56.